The van der Waals surface area contributed by atoms with E-state index < -0.39 is 18.8 Å². The van der Waals surface area contributed by atoms with E-state index in [1.807, 2.05) is 0 Å². The Labute approximate surface area is 88.6 Å². The summed E-state index contributed by atoms with van der Waals surface area (Å²) in [5, 5.41) is 0.285. The highest BCUT2D eigenvalue weighted by atomic mass is 35.5. The highest BCUT2D eigenvalue weighted by molar-refractivity contribution is 6.31. The molecular weight excluding hydrogens is 233 g/mol. The lowest BCUT2D eigenvalue weighted by Gasteiger charge is -2.06. The van der Waals surface area contributed by atoms with Crippen LogP contribution < -0.4 is 0 Å². The number of halogens is 4. The average Bonchev–Trinajstić information content (AvgIpc) is 2.13. The van der Waals surface area contributed by atoms with Gasteiger partial charge in [0.15, 0.2) is 5.78 Å². The van der Waals surface area contributed by atoms with E-state index in [1.54, 1.807) is 0 Å². The van der Waals surface area contributed by atoms with E-state index in [0.29, 0.717) is 0 Å². The number of alkyl halides is 3. The third-order valence-electron chi connectivity index (χ3n) is 1.51. The summed E-state index contributed by atoms with van der Waals surface area (Å²) in [6.07, 6.45) is -4.80. The van der Waals surface area contributed by atoms with Crippen LogP contribution in [0.5, 0.6) is 0 Å². The van der Waals surface area contributed by atoms with E-state index in [-0.39, 0.29) is 10.6 Å². The predicted molar refractivity (Wildman–Crippen MR) is 47.8 cm³/mol. The second-order valence-corrected chi connectivity index (χ2v) is 3.10. The van der Waals surface area contributed by atoms with E-state index in [9.17, 15) is 18.0 Å². The Kier molecular flexibility index (Phi) is 3.71. The number of hydrogen-bond acceptors (Lipinski definition) is 2. The minimum Gasteiger partial charge on any atom is -0.292 e. The molecule has 0 radical (unpaired) electrons. The van der Waals surface area contributed by atoms with Crippen molar-refractivity contribution in [2.75, 3.05) is 6.61 Å². The zero-order chi connectivity index (χ0) is 11.5. The molecule has 0 saturated heterocycles. The quantitative estimate of drug-likeness (QED) is 0.757. The zero-order valence-electron chi connectivity index (χ0n) is 7.34. The van der Waals surface area contributed by atoms with Crippen LogP contribution in [0.1, 0.15) is 10.4 Å². The number of ether oxygens (including phenoxy) is 1. The highest BCUT2D eigenvalue weighted by Crippen LogP contribution is 2.17. The molecule has 15 heavy (non-hydrogen) atoms. The van der Waals surface area contributed by atoms with Crippen molar-refractivity contribution in [3.8, 4) is 0 Å². The number of Topliss-reactive ketones (excluding diaryl/α,β-unsaturated/α-hetero) is 1. The molecule has 0 aliphatic carbocycles. The van der Waals surface area contributed by atoms with Crippen LogP contribution in [0.2, 0.25) is 5.02 Å². The molecular formula is C9H6ClF3O2. The molecule has 0 saturated carbocycles. The van der Waals surface area contributed by atoms with E-state index in [0.717, 1.165) is 0 Å². The van der Waals surface area contributed by atoms with Crippen molar-refractivity contribution in [2.45, 2.75) is 6.36 Å². The summed E-state index contributed by atoms with van der Waals surface area (Å²) in [6.45, 7) is -1.04. The maximum atomic E-state index is 11.6. The molecule has 82 valence electrons. The van der Waals surface area contributed by atoms with Gasteiger partial charge in [0.25, 0.3) is 0 Å². The average molecular weight is 239 g/mol. The zero-order valence-corrected chi connectivity index (χ0v) is 8.10. The van der Waals surface area contributed by atoms with Crippen LogP contribution in [-0.2, 0) is 4.74 Å². The summed E-state index contributed by atoms with van der Waals surface area (Å²) in [5.74, 6) is -0.769. The van der Waals surface area contributed by atoms with Crippen molar-refractivity contribution in [1.82, 2.24) is 0 Å². The van der Waals surface area contributed by atoms with Gasteiger partial charge in [-0.1, -0.05) is 23.7 Å². The van der Waals surface area contributed by atoms with Gasteiger partial charge >= 0.3 is 6.36 Å². The number of rotatable bonds is 3. The molecule has 0 aromatic heterocycles. The summed E-state index contributed by atoms with van der Waals surface area (Å²) in [6, 6.07) is 5.64. The molecule has 0 bridgehead atoms. The molecule has 0 amide bonds. The minimum absolute atomic E-state index is 0.0896. The second kappa shape index (κ2) is 4.63. The molecule has 0 aliphatic rings. The Morgan fingerprint density at radius 3 is 2.60 bits per heavy atom. The topological polar surface area (TPSA) is 26.3 Å². The lowest BCUT2D eigenvalue weighted by Crippen LogP contribution is -2.19. The number of benzene rings is 1. The van der Waals surface area contributed by atoms with E-state index in [4.69, 9.17) is 11.6 Å². The highest BCUT2D eigenvalue weighted by Gasteiger charge is 2.30. The molecule has 0 aliphatic heterocycles. The SMILES string of the molecule is O=C(COC(F)(F)F)c1cccc(Cl)c1. The molecule has 0 fully saturated rings. The molecule has 0 atom stereocenters. The lowest BCUT2D eigenvalue weighted by atomic mass is 10.1. The number of ketones is 1. The van der Waals surface area contributed by atoms with Crippen molar-refractivity contribution < 1.29 is 22.7 Å². The number of carbonyl (C=O) groups is 1. The minimum atomic E-state index is -4.80. The Bertz CT molecular complexity index is 363. The van der Waals surface area contributed by atoms with Crippen LogP contribution >= 0.6 is 11.6 Å². The molecule has 0 heterocycles. The summed E-state index contributed by atoms with van der Waals surface area (Å²) in [7, 11) is 0. The van der Waals surface area contributed by atoms with Gasteiger partial charge in [-0.3, -0.25) is 9.53 Å². The van der Waals surface area contributed by atoms with Crippen molar-refractivity contribution in [2.24, 2.45) is 0 Å². The largest absolute Gasteiger partial charge is 0.522 e. The monoisotopic (exact) mass is 238 g/mol. The summed E-state index contributed by atoms with van der Waals surface area (Å²) in [4.78, 5) is 11.2. The van der Waals surface area contributed by atoms with Crippen LogP contribution in [0, 0.1) is 0 Å². The molecule has 1 aromatic rings. The van der Waals surface area contributed by atoms with Gasteiger partial charge < -0.3 is 0 Å². The molecule has 1 aromatic carbocycles. The summed E-state index contributed by atoms with van der Waals surface area (Å²) >= 11 is 5.56. The van der Waals surface area contributed by atoms with Gasteiger partial charge in [-0.15, -0.1) is 13.2 Å². The third kappa shape index (κ3) is 4.31. The van der Waals surface area contributed by atoms with Gasteiger partial charge in [0.1, 0.15) is 6.61 Å². The lowest BCUT2D eigenvalue weighted by molar-refractivity contribution is -0.318. The maximum Gasteiger partial charge on any atom is 0.522 e. The van der Waals surface area contributed by atoms with Crippen molar-refractivity contribution in [3.63, 3.8) is 0 Å². The second-order valence-electron chi connectivity index (χ2n) is 2.67. The summed E-state index contributed by atoms with van der Waals surface area (Å²) < 4.78 is 38.2. The van der Waals surface area contributed by atoms with Gasteiger partial charge in [0.05, 0.1) is 0 Å². The Hall–Kier alpha value is -1.07. The first-order chi connectivity index (χ1) is 6.88. The third-order valence-corrected chi connectivity index (χ3v) is 1.75. The Balaban J connectivity index is 2.62. The molecule has 0 spiro atoms. The standard InChI is InChI=1S/C9H6ClF3O2/c10-7-3-1-2-6(4-7)8(14)5-15-9(11,12)13/h1-4H,5H2. The van der Waals surface area contributed by atoms with Gasteiger partial charge in [-0.2, -0.15) is 0 Å². The number of hydrogen-bond donors (Lipinski definition) is 0. The molecule has 2 nitrogen and oxygen atoms in total. The first-order valence-corrected chi connectivity index (χ1v) is 4.26. The van der Waals surface area contributed by atoms with Gasteiger partial charge in [-0.25, -0.2) is 0 Å². The fraction of sp³-hybridized carbons (Fsp3) is 0.222. The first kappa shape index (κ1) is 12.0. The smallest absolute Gasteiger partial charge is 0.292 e. The molecule has 1 rings (SSSR count). The van der Waals surface area contributed by atoms with Crippen LogP contribution in [-0.4, -0.2) is 18.8 Å². The normalized spacial score (nSPS) is 11.5. The van der Waals surface area contributed by atoms with Crippen molar-refractivity contribution in [1.29, 1.82) is 0 Å². The maximum absolute atomic E-state index is 11.6. The van der Waals surface area contributed by atoms with E-state index in [1.165, 1.54) is 24.3 Å². The van der Waals surface area contributed by atoms with Gasteiger partial charge in [-0.05, 0) is 12.1 Å². The molecule has 6 heteroatoms. The van der Waals surface area contributed by atoms with Gasteiger partial charge in [0, 0.05) is 10.6 Å². The summed E-state index contributed by atoms with van der Waals surface area (Å²) in [5.41, 5.74) is 0.0896. The fourth-order valence-corrected chi connectivity index (χ4v) is 1.08. The van der Waals surface area contributed by atoms with Crippen LogP contribution in [0.3, 0.4) is 0 Å². The Morgan fingerprint density at radius 2 is 2.07 bits per heavy atom. The van der Waals surface area contributed by atoms with Crippen LogP contribution in [0.25, 0.3) is 0 Å². The van der Waals surface area contributed by atoms with E-state index >= 15 is 0 Å². The molecule has 0 unspecified atom stereocenters. The predicted octanol–water partition coefficient (Wildman–Crippen LogP) is 3.06. The van der Waals surface area contributed by atoms with E-state index in [2.05, 4.69) is 4.74 Å². The first-order valence-electron chi connectivity index (χ1n) is 3.88. The fourth-order valence-electron chi connectivity index (χ4n) is 0.893. The van der Waals surface area contributed by atoms with Crippen molar-refractivity contribution >= 4 is 17.4 Å². The van der Waals surface area contributed by atoms with Crippen LogP contribution in [0.4, 0.5) is 13.2 Å². The molecule has 0 N–H and O–H groups in total. The number of carbonyl (C=O) groups excluding carboxylic acids is 1. The van der Waals surface area contributed by atoms with Crippen molar-refractivity contribution in [3.05, 3.63) is 34.9 Å². The Morgan fingerprint density at radius 1 is 1.40 bits per heavy atom. The van der Waals surface area contributed by atoms with Crippen LogP contribution in [0.15, 0.2) is 24.3 Å². The van der Waals surface area contributed by atoms with Gasteiger partial charge in [0.2, 0.25) is 0 Å².